The molecule has 0 spiro atoms. The molecule has 0 bridgehead atoms. The molecular weight excluding hydrogens is 406 g/mol. The van der Waals surface area contributed by atoms with Crippen LogP contribution in [0.1, 0.15) is 69.8 Å². The molecule has 0 unspecified atom stereocenters. The summed E-state index contributed by atoms with van der Waals surface area (Å²) >= 11 is 0. The average Bonchev–Trinajstić information content (AvgIpc) is 2.69. The molecular formula is C24H33N5O3. The van der Waals surface area contributed by atoms with E-state index in [-0.39, 0.29) is 11.5 Å². The summed E-state index contributed by atoms with van der Waals surface area (Å²) in [4.78, 5) is 14.1. The number of nitrogens with two attached hydrogens (primary N) is 1. The molecule has 2 heterocycles. The lowest BCUT2D eigenvalue weighted by molar-refractivity contribution is -0.131. The molecule has 1 atom stereocenters. The predicted molar refractivity (Wildman–Crippen MR) is 122 cm³/mol. The highest BCUT2D eigenvalue weighted by Crippen LogP contribution is 2.50. The van der Waals surface area contributed by atoms with Crippen molar-refractivity contribution < 1.29 is 14.6 Å². The number of likely N-dealkylation sites (tertiary alicyclic amines) is 1. The molecule has 8 heteroatoms. The highest BCUT2D eigenvalue weighted by atomic mass is 16.6. The topological polar surface area (TPSA) is 125 Å². The van der Waals surface area contributed by atoms with Crippen molar-refractivity contribution in [1.29, 1.82) is 5.41 Å². The minimum atomic E-state index is -1.48. The standard InChI is InChI=1S/C24H33N5O3/c1-15(2)16-7-9-17(10-8-16)24(31,18-11-19(20(25)26)28-27-12-18)23(6)13-29(14-23)21(30)32-22(3,4)5/h7-12,15,31H,13-14H2,1-6H3,(H3,25,26)/t24-/m0/s1. The second-order valence-corrected chi connectivity index (χ2v) is 10.1. The molecule has 3 rings (SSSR count). The summed E-state index contributed by atoms with van der Waals surface area (Å²) in [5.74, 6) is 0.122. The van der Waals surface area contributed by atoms with Gasteiger partial charge < -0.3 is 20.5 Å². The van der Waals surface area contributed by atoms with Gasteiger partial charge in [-0.2, -0.15) is 5.10 Å². The molecule has 1 amide bonds. The van der Waals surface area contributed by atoms with Crippen LogP contribution in [0.15, 0.2) is 36.5 Å². The SMILES string of the molecule is CC(C)c1ccc([C@](O)(c2cnnc(C(=N)N)c2)C2(C)CN(C(=O)OC(C)(C)C)C2)cc1. The molecule has 1 aliphatic heterocycles. The largest absolute Gasteiger partial charge is 0.444 e. The Balaban J connectivity index is 2.03. The fourth-order valence-electron chi connectivity index (χ4n) is 4.15. The number of carbonyl (C=O) groups is 1. The summed E-state index contributed by atoms with van der Waals surface area (Å²) in [6, 6.07) is 9.40. The van der Waals surface area contributed by atoms with Gasteiger partial charge in [0.2, 0.25) is 0 Å². The number of nitrogens with zero attached hydrogens (tertiary/aromatic N) is 3. The number of hydrogen-bond acceptors (Lipinski definition) is 6. The van der Waals surface area contributed by atoms with Crippen LogP contribution in [0.2, 0.25) is 0 Å². The van der Waals surface area contributed by atoms with Gasteiger partial charge in [0, 0.05) is 24.1 Å². The zero-order valence-corrected chi connectivity index (χ0v) is 19.6. The number of aromatic nitrogens is 2. The minimum absolute atomic E-state index is 0.187. The van der Waals surface area contributed by atoms with E-state index in [1.54, 1.807) is 11.0 Å². The molecule has 0 saturated carbocycles. The molecule has 1 aromatic carbocycles. The number of nitrogens with one attached hydrogen (secondary N) is 1. The first-order chi connectivity index (χ1) is 14.8. The highest BCUT2D eigenvalue weighted by Gasteiger charge is 2.58. The van der Waals surface area contributed by atoms with Crippen LogP contribution < -0.4 is 5.73 Å². The second-order valence-electron chi connectivity index (χ2n) is 10.1. The van der Waals surface area contributed by atoms with Crippen molar-refractivity contribution >= 4 is 11.9 Å². The maximum absolute atomic E-state index is 12.5. The quantitative estimate of drug-likeness (QED) is 0.484. The van der Waals surface area contributed by atoms with E-state index in [9.17, 15) is 9.90 Å². The Hall–Kier alpha value is -3.00. The van der Waals surface area contributed by atoms with Gasteiger partial charge in [-0.15, -0.1) is 5.10 Å². The zero-order chi connectivity index (χ0) is 23.9. The first-order valence-electron chi connectivity index (χ1n) is 10.8. The Morgan fingerprint density at radius 1 is 1.22 bits per heavy atom. The molecule has 0 radical (unpaired) electrons. The number of aliphatic hydroxyl groups is 1. The van der Waals surface area contributed by atoms with Crippen molar-refractivity contribution in [2.75, 3.05) is 13.1 Å². The van der Waals surface area contributed by atoms with Crippen molar-refractivity contribution in [3.8, 4) is 0 Å². The van der Waals surface area contributed by atoms with Crippen LogP contribution in [-0.4, -0.2) is 50.8 Å². The maximum Gasteiger partial charge on any atom is 0.410 e. The van der Waals surface area contributed by atoms with Crippen LogP contribution in [0.4, 0.5) is 4.79 Å². The summed E-state index contributed by atoms with van der Waals surface area (Å²) in [6.07, 6.45) is 1.08. The van der Waals surface area contributed by atoms with Gasteiger partial charge in [-0.05, 0) is 43.9 Å². The molecule has 1 aromatic heterocycles. The zero-order valence-electron chi connectivity index (χ0n) is 19.6. The number of ether oxygens (including phenoxy) is 1. The lowest BCUT2D eigenvalue weighted by Crippen LogP contribution is -2.66. The lowest BCUT2D eigenvalue weighted by Gasteiger charge is -2.56. The fraction of sp³-hybridized carbons (Fsp3) is 0.500. The van der Waals surface area contributed by atoms with Gasteiger partial charge in [-0.1, -0.05) is 45.0 Å². The van der Waals surface area contributed by atoms with E-state index in [4.69, 9.17) is 15.9 Å². The third kappa shape index (κ3) is 4.32. The molecule has 1 aliphatic rings. The van der Waals surface area contributed by atoms with Crippen LogP contribution >= 0.6 is 0 Å². The molecule has 0 aliphatic carbocycles. The van der Waals surface area contributed by atoms with Gasteiger partial charge in [0.25, 0.3) is 0 Å². The monoisotopic (exact) mass is 439 g/mol. The third-order valence-corrected chi connectivity index (χ3v) is 5.95. The number of amides is 1. The maximum atomic E-state index is 12.5. The van der Waals surface area contributed by atoms with Gasteiger partial charge in [0.1, 0.15) is 22.7 Å². The third-order valence-electron chi connectivity index (χ3n) is 5.95. The minimum Gasteiger partial charge on any atom is -0.444 e. The smallest absolute Gasteiger partial charge is 0.410 e. The van der Waals surface area contributed by atoms with Crippen molar-refractivity contribution in [3.63, 3.8) is 0 Å². The molecule has 1 saturated heterocycles. The number of hydrogen-bond donors (Lipinski definition) is 3. The summed E-state index contributed by atoms with van der Waals surface area (Å²) in [5.41, 5.74) is 5.31. The average molecular weight is 440 g/mol. The Kier molecular flexibility index (Phi) is 6.04. The summed E-state index contributed by atoms with van der Waals surface area (Å²) in [7, 11) is 0. The van der Waals surface area contributed by atoms with Crippen LogP contribution in [0, 0.1) is 10.8 Å². The van der Waals surface area contributed by atoms with Crippen LogP contribution in [-0.2, 0) is 10.3 Å². The van der Waals surface area contributed by atoms with E-state index in [1.165, 1.54) is 6.20 Å². The van der Waals surface area contributed by atoms with E-state index < -0.39 is 22.7 Å². The molecule has 4 N–H and O–H groups in total. The Labute approximate surface area is 189 Å². The van der Waals surface area contributed by atoms with Crippen molar-refractivity contribution in [2.45, 2.75) is 58.7 Å². The lowest BCUT2D eigenvalue weighted by atomic mass is 9.62. The number of amidine groups is 1. The predicted octanol–water partition coefficient (Wildman–Crippen LogP) is 3.38. The van der Waals surface area contributed by atoms with Gasteiger partial charge in [-0.3, -0.25) is 5.41 Å². The first kappa shape index (κ1) is 23.7. The Morgan fingerprint density at radius 2 is 1.81 bits per heavy atom. The fourth-order valence-corrected chi connectivity index (χ4v) is 4.15. The normalized spacial score (nSPS) is 17.4. The van der Waals surface area contributed by atoms with Crippen molar-refractivity contribution in [3.05, 3.63) is 58.9 Å². The number of carbonyl (C=O) groups excluding carboxylic acids is 1. The summed E-state index contributed by atoms with van der Waals surface area (Å²) in [5, 5.41) is 27.8. The van der Waals surface area contributed by atoms with E-state index in [0.29, 0.717) is 30.1 Å². The number of nitrogen functional groups attached to an aromatic ring is 1. The van der Waals surface area contributed by atoms with E-state index >= 15 is 0 Å². The van der Waals surface area contributed by atoms with E-state index in [2.05, 4.69) is 24.0 Å². The van der Waals surface area contributed by atoms with Gasteiger partial charge in [0.05, 0.1) is 6.20 Å². The van der Waals surface area contributed by atoms with Gasteiger partial charge in [-0.25, -0.2) is 4.79 Å². The van der Waals surface area contributed by atoms with Crippen molar-refractivity contribution in [1.82, 2.24) is 15.1 Å². The molecule has 172 valence electrons. The molecule has 32 heavy (non-hydrogen) atoms. The number of rotatable bonds is 5. The van der Waals surface area contributed by atoms with Crippen molar-refractivity contribution in [2.24, 2.45) is 11.1 Å². The second kappa shape index (κ2) is 8.16. The molecule has 8 nitrogen and oxygen atoms in total. The number of benzene rings is 1. The first-order valence-corrected chi connectivity index (χ1v) is 10.8. The summed E-state index contributed by atoms with van der Waals surface area (Å²) < 4.78 is 5.49. The van der Waals surface area contributed by atoms with E-state index in [1.807, 2.05) is 52.0 Å². The highest BCUT2D eigenvalue weighted by molar-refractivity contribution is 5.93. The van der Waals surface area contributed by atoms with Gasteiger partial charge >= 0.3 is 6.09 Å². The van der Waals surface area contributed by atoms with Crippen LogP contribution in [0.3, 0.4) is 0 Å². The Bertz CT molecular complexity index is 1010. The molecule has 2 aromatic rings. The van der Waals surface area contributed by atoms with E-state index in [0.717, 1.165) is 5.56 Å². The van der Waals surface area contributed by atoms with Crippen LogP contribution in [0.25, 0.3) is 0 Å². The van der Waals surface area contributed by atoms with Crippen LogP contribution in [0.5, 0.6) is 0 Å². The van der Waals surface area contributed by atoms with Gasteiger partial charge in [0.15, 0.2) is 0 Å². The summed E-state index contributed by atoms with van der Waals surface area (Å²) in [6.45, 7) is 12.2. The Morgan fingerprint density at radius 3 is 2.31 bits per heavy atom. The molecule has 1 fully saturated rings.